The summed E-state index contributed by atoms with van der Waals surface area (Å²) in [5.41, 5.74) is 0. The second-order valence-electron chi connectivity index (χ2n) is 6.78. The molecule has 3 rings (SSSR count). The van der Waals surface area contributed by atoms with Crippen molar-refractivity contribution in [2.75, 3.05) is 20.5 Å². The van der Waals surface area contributed by atoms with Gasteiger partial charge in [0.15, 0.2) is 13.4 Å². The molecule has 1 aromatic rings. The van der Waals surface area contributed by atoms with Gasteiger partial charge in [-0.25, -0.2) is 4.79 Å². The summed E-state index contributed by atoms with van der Waals surface area (Å²) in [4.78, 5) is 38.5. The number of carbonyl (C=O) groups is 3. The number of para-hydroxylation sites is 1. The van der Waals surface area contributed by atoms with Crippen LogP contribution in [0, 0.1) is 0 Å². The molecule has 2 aliphatic rings. The Morgan fingerprint density at radius 3 is 2.63 bits per heavy atom. The number of thioether (sulfide) groups is 1. The lowest BCUT2D eigenvalue weighted by molar-refractivity contribution is -0.170. The Bertz CT molecular complexity index is 726. The average Bonchev–Trinajstić information content (AvgIpc) is 2.91. The molecule has 0 bridgehead atoms. The largest absolute Gasteiger partial charge is 0.484 e. The number of benzene rings is 1. The van der Waals surface area contributed by atoms with Crippen LogP contribution in [0.3, 0.4) is 0 Å². The van der Waals surface area contributed by atoms with Gasteiger partial charge in [0.1, 0.15) is 23.2 Å². The molecule has 1 N–H and O–H groups in total. The first-order valence-electron chi connectivity index (χ1n) is 8.48. The van der Waals surface area contributed by atoms with Crippen LogP contribution in [0.5, 0.6) is 5.75 Å². The lowest BCUT2D eigenvalue weighted by atomic mass is 9.96. The normalized spacial score (nSPS) is 25.4. The molecule has 2 heterocycles. The summed E-state index contributed by atoms with van der Waals surface area (Å²) in [5, 5.41) is 2.38. The minimum Gasteiger partial charge on any atom is -0.484 e. The molecular formula is C18H22N2O6S. The molecule has 0 aliphatic carbocycles. The van der Waals surface area contributed by atoms with Gasteiger partial charge in [0.2, 0.25) is 5.91 Å². The first-order chi connectivity index (χ1) is 12.8. The number of methoxy groups -OCH3 is 1. The van der Waals surface area contributed by atoms with Crippen molar-refractivity contribution in [3.63, 3.8) is 0 Å². The number of amides is 2. The summed E-state index contributed by atoms with van der Waals surface area (Å²) in [5.74, 6) is -0.625. The Hall–Kier alpha value is -2.26. The van der Waals surface area contributed by atoms with Crippen molar-refractivity contribution in [1.29, 1.82) is 0 Å². The van der Waals surface area contributed by atoms with Crippen LogP contribution >= 0.6 is 11.8 Å². The molecule has 0 aromatic heterocycles. The first-order valence-corrected chi connectivity index (χ1v) is 9.36. The maximum Gasteiger partial charge on any atom is 0.332 e. The van der Waals surface area contributed by atoms with E-state index in [0.717, 1.165) is 0 Å². The third-order valence-corrected chi connectivity index (χ3v) is 5.98. The number of nitrogens with one attached hydrogen (secondary N) is 1. The highest BCUT2D eigenvalue weighted by Gasteiger charge is 2.64. The van der Waals surface area contributed by atoms with Crippen molar-refractivity contribution in [3.05, 3.63) is 30.3 Å². The fourth-order valence-corrected chi connectivity index (χ4v) is 4.82. The molecule has 2 amide bonds. The van der Waals surface area contributed by atoms with E-state index in [2.05, 4.69) is 5.32 Å². The molecule has 0 unspecified atom stereocenters. The van der Waals surface area contributed by atoms with Crippen molar-refractivity contribution >= 4 is 29.5 Å². The van der Waals surface area contributed by atoms with E-state index in [1.165, 1.54) is 23.8 Å². The minimum atomic E-state index is -0.719. The van der Waals surface area contributed by atoms with Gasteiger partial charge >= 0.3 is 5.97 Å². The Morgan fingerprint density at radius 1 is 1.26 bits per heavy atom. The van der Waals surface area contributed by atoms with Gasteiger partial charge in [0, 0.05) is 11.9 Å². The van der Waals surface area contributed by atoms with Crippen molar-refractivity contribution in [2.24, 2.45) is 0 Å². The van der Waals surface area contributed by atoms with E-state index >= 15 is 0 Å². The molecule has 27 heavy (non-hydrogen) atoms. The summed E-state index contributed by atoms with van der Waals surface area (Å²) in [6.45, 7) is 3.40. The van der Waals surface area contributed by atoms with Gasteiger partial charge in [-0.1, -0.05) is 18.2 Å². The van der Waals surface area contributed by atoms with E-state index in [1.54, 1.807) is 24.3 Å². The predicted molar refractivity (Wildman–Crippen MR) is 97.9 cm³/mol. The van der Waals surface area contributed by atoms with E-state index in [-0.39, 0.29) is 30.6 Å². The molecule has 2 saturated heterocycles. The quantitative estimate of drug-likeness (QED) is 0.414. The van der Waals surface area contributed by atoms with Crippen molar-refractivity contribution in [2.45, 2.75) is 36.1 Å². The highest BCUT2D eigenvalue weighted by Crippen LogP contribution is 2.51. The van der Waals surface area contributed by atoms with Crippen LogP contribution in [0.1, 0.15) is 13.8 Å². The Kier molecular flexibility index (Phi) is 5.61. The number of nitrogens with zero attached hydrogens (tertiary/aromatic N) is 1. The standard InChI is InChI=1S/C18H22N2O6S/c1-18(2)14(17(23)26-10-24-3)20-15(22)13(16(20)27-18)19-12(21)9-25-11-7-5-4-6-8-11/h4-8,13-14,16H,9-10H2,1-3H3,(H,19,21)/t13-,14+,16-/m1/s1. The van der Waals surface area contributed by atoms with Crippen LogP contribution in [0.15, 0.2) is 30.3 Å². The zero-order valence-corrected chi connectivity index (χ0v) is 16.2. The lowest BCUT2D eigenvalue weighted by Gasteiger charge is -2.43. The molecule has 8 nitrogen and oxygen atoms in total. The van der Waals surface area contributed by atoms with Crippen molar-refractivity contribution < 1.29 is 28.6 Å². The second-order valence-corrected chi connectivity index (χ2v) is 8.55. The summed E-state index contributed by atoms with van der Waals surface area (Å²) in [6.07, 6.45) is 0. The van der Waals surface area contributed by atoms with Gasteiger partial charge < -0.3 is 24.4 Å². The number of fused-ring (bicyclic) bond motifs is 1. The van der Waals surface area contributed by atoms with Crippen LogP contribution in [0.25, 0.3) is 0 Å². The van der Waals surface area contributed by atoms with Crippen LogP contribution in [0.4, 0.5) is 0 Å². The Morgan fingerprint density at radius 2 is 1.96 bits per heavy atom. The maximum atomic E-state index is 12.5. The number of esters is 1. The third-order valence-electron chi connectivity index (χ3n) is 4.41. The number of hydrogen-bond acceptors (Lipinski definition) is 7. The molecule has 3 atom stereocenters. The molecule has 1 aromatic carbocycles. The summed E-state index contributed by atoms with van der Waals surface area (Å²) in [7, 11) is 1.42. The molecule has 146 valence electrons. The summed E-state index contributed by atoms with van der Waals surface area (Å²) in [6, 6.07) is 7.55. The van der Waals surface area contributed by atoms with E-state index < -0.39 is 22.8 Å². The predicted octanol–water partition coefficient (Wildman–Crippen LogP) is 0.760. The highest BCUT2D eigenvalue weighted by molar-refractivity contribution is 8.01. The van der Waals surface area contributed by atoms with Gasteiger partial charge in [-0.15, -0.1) is 11.8 Å². The summed E-state index contributed by atoms with van der Waals surface area (Å²) < 4.78 is 14.7. The second kappa shape index (κ2) is 7.77. The molecule has 0 saturated carbocycles. The smallest absolute Gasteiger partial charge is 0.332 e. The fraction of sp³-hybridized carbons (Fsp3) is 0.500. The maximum absolute atomic E-state index is 12.5. The van der Waals surface area contributed by atoms with E-state index in [0.29, 0.717) is 5.75 Å². The number of rotatable bonds is 7. The molecule has 0 spiro atoms. The molecule has 9 heteroatoms. The van der Waals surface area contributed by atoms with Crippen LogP contribution in [-0.4, -0.2) is 65.4 Å². The molecule has 0 radical (unpaired) electrons. The first kappa shape index (κ1) is 19.5. The Balaban J connectivity index is 1.58. The molecule has 2 fully saturated rings. The van der Waals surface area contributed by atoms with Gasteiger partial charge in [0.25, 0.3) is 5.91 Å². The van der Waals surface area contributed by atoms with E-state index in [1.807, 2.05) is 19.9 Å². The van der Waals surface area contributed by atoms with Gasteiger partial charge in [0.05, 0.1) is 0 Å². The van der Waals surface area contributed by atoms with Gasteiger partial charge in [-0.2, -0.15) is 0 Å². The Labute approximate surface area is 161 Å². The minimum absolute atomic E-state index is 0.167. The number of β-lactam (4-membered cyclic amide) rings is 1. The summed E-state index contributed by atoms with van der Waals surface area (Å²) >= 11 is 1.46. The zero-order chi connectivity index (χ0) is 19.6. The highest BCUT2D eigenvalue weighted by atomic mass is 32.2. The van der Waals surface area contributed by atoms with Crippen LogP contribution in [0.2, 0.25) is 0 Å². The topological polar surface area (TPSA) is 94.2 Å². The zero-order valence-electron chi connectivity index (χ0n) is 15.3. The monoisotopic (exact) mass is 394 g/mol. The van der Waals surface area contributed by atoms with E-state index in [4.69, 9.17) is 14.2 Å². The lowest BCUT2D eigenvalue weighted by Crippen LogP contribution is -2.71. The number of ether oxygens (including phenoxy) is 3. The number of carbonyl (C=O) groups excluding carboxylic acids is 3. The molecule has 2 aliphatic heterocycles. The van der Waals surface area contributed by atoms with E-state index in [9.17, 15) is 14.4 Å². The number of hydrogen-bond donors (Lipinski definition) is 1. The average molecular weight is 394 g/mol. The van der Waals surface area contributed by atoms with Crippen molar-refractivity contribution in [3.8, 4) is 5.75 Å². The SMILES string of the molecule is COCOC(=O)[C@@H]1N2C(=O)[C@@H](NC(=O)COc3ccccc3)[C@H]2SC1(C)C. The van der Waals surface area contributed by atoms with Gasteiger partial charge in [-0.05, 0) is 26.0 Å². The van der Waals surface area contributed by atoms with Crippen molar-refractivity contribution in [1.82, 2.24) is 10.2 Å². The van der Waals surface area contributed by atoms with Gasteiger partial charge in [-0.3, -0.25) is 9.59 Å². The fourth-order valence-electron chi connectivity index (χ4n) is 3.20. The van der Waals surface area contributed by atoms with Crippen LogP contribution < -0.4 is 10.1 Å². The third kappa shape index (κ3) is 3.89. The van der Waals surface area contributed by atoms with Crippen LogP contribution in [-0.2, 0) is 23.9 Å². The molecular weight excluding hydrogens is 372 g/mol.